The molecule has 0 aromatic rings. The van der Waals surface area contributed by atoms with Crippen molar-refractivity contribution in [1.29, 1.82) is 0 Å². The minimum absolute atomic E-state index is 0. The monoisotopic (exact) mass is 561 g/mol. The second-order valence-corrected chi connectivity index (χ2v) is 9.98. The quantitative estimate of drug-likeness (QED) is 0.297. The van der Waals surface area contributed by atoms with Gasteiger partial charge in [-0.1, -0.05) is 32.1 Å². The zero-order valence-corrected chi connectivity index (χ0v) is 22.3. The van der Waals surface area contributed by atoms with Crippen molar-refractivity contribution in [3.05, 3.63) is 0 Å². The number of carbonyl (C=O) groups is 1. The lowest BCUT2D eigenvalue weighted by Crippen LogP contribution is -2.57. The van der Waals surface area contributed by atoms with E-state index < -0.39 is 0 Å². The molecule has 2 N–H and O–H groups in total. The molecule has 0 aromatic heterocycles. The van der Waals surface area contributed by atoms with Crippen LogP contribution in [0.2, 0.25) is 0 Å². The number of rotatable bonds is 6. The molecule has 4 aliphatic rings. The number of amides is 1. The summed E-state index contributed by atoms with van der Waals surface area (Å²) in [5.41, 5.74) is 0.185. The summed E-state index contributed by atoms with van der Waals surface area (Å²) < 4.78 is 5.62. The van der Waals surface area contributed by atoms with Gasteiger partial charge >= 0.3 is 0 Å². The van der Waals surface area contributed by atoms with Gasteiger partial charge in [-0.2, -0.15) is 0 Å². The lowest BCUT2D eigenvalue weighted by Gasteiger charge is -2.47. The number of nitrogens with one attached hydrogen (secondary N) is 2. The maximum atomic E-state index is 12.8. The highest BCUT2D eigenvalue weighted by Gasteiger charge is 2.39. The first-order chi connectivity index (χ1) is 15.2. The zero-order chi connectivity index (χ0) is 21.5. The molecule has 1 amide bonds. The van der Waals surface area contributed by atoms with E-state index in [2.05, 4.69) is 27.4 Å². The van der Waals surface area contributed by atoms with Gasteiger partial charge in [-0.15, -0.1) is 24.0 Å². The molecule has 0 bridgehead atoms. The predicted molar refractivity (Wildman–Crippen MR) is 140 cm³/mol. The molecule has 2 aliphatic heterocycles. The van der Waals surface area contributed by atoms with Crippen LogP contribution in [-0.2, 0) is 9.53 Å². The van der Waals surface area contributed by atoms with Crippen molar-refractivity contribution in [3.8, 4) is 0 Å². The van der Waals surface area contributed by atoms with Gasteiger partial charge in [0.2, 0.25) is 5.91 Å². The number of likely N-dealkylation sites (tertiary alicyclic amines) is 1. The summed E-state index contributed by atoms with van der Waals surface area (Å²) in [5.74, 6) is 1.58. The van der Waals surface area contributed by atoms with Gasteiger partial charge in [0, 0.05) is 50.2 Å². The van der Waals surface area contributed by atoms with Crippen molar-refractivity contribution >= 4 is 35.8 Å². The third-order valence-corrected chi connectivity index (χ3v) is 7.89. The van der Waals surface area contributed by atoms with Crippen LogP contribution < -0.4 is 10.6 Å². The second-order valence-electron chi connectivity index (χ2n) is 9.98. The van der Waals surface area contributed by atoms with Crippen molar-refractivity contribution in [1.82, 2.24) is 20.4 Å². The van der Waals surface area contributed by atoms with Crippen LogP contribution in [0.25, 0.3) is 0 Å². The molecule has 8 heteroatoms. The number of morpholine rings is 1. The van der Waals surface area contributed by atoms with Gasteiger partial charge < -0.3 is 20.3 Å². The number of aliphatic imine (C=N–C) groups is 1. The number of hydrogen-bond acceptors (Lipinski definition) is 4. The fourth-order valence-electron chi connectivity index (χ4n) is 6.07. The van der Waals surface area contributed by atoms with Gasteiger partial charge in [0.15, 0.2) is 5.96 Å². The summed E-state index contributed by atoms with van der Waals surface area (Å²) in [7, 11) is 0. The van der Waals surface area contributed by atoms with E-state index >= 15 is 0 Å². The summed E-state index contributed by atoms with van der Waals surface area (Å²) in [6.45, 7) is 9.26. The van der Waals surface area contributed by atoms with Crippen molar-refractivity contribution < 1.29 is 9.53 Å². The van der Waals surface area contributed by atoms with Gasteiger partial charge in [0.05, 0.1) is 19.8 Å². The van der Waals surface area contributed by atoms with Crippen LogP contribution >= 0.6 is 24.0 Å². The molecule has 2 saturated heterocycles. The van der Waals surface area contributed by atoms with Crippen LogP contribution in [0.5, 0.6) is 0 Å². The van der Waals surface area contributed by atoms with Gasteiger partial charge in [0.25, 0.3) is 0 Å². The highest BCUT2D eigenvalue weighted by molar-refractivity contribution is 14.0. The number of ether oxygens (including phenoxy) is 1. The number of halogens is 1. The number of carbonyl (C=O) groups excluding carboxylic acids is 1. The molecular formula is C24H44IN5O2. The third-order valence-electron chi connectivity index (χ3n) is 7.89. The first-order valence-corrected chi connectivity index (χ1v) is 12.9. The van der Waals surface area contributed by atoms with Crippen LogP contribution in [0, 0.1) is 5.92 Å². The molecule has 2 saturated carbocycles. The molecular weight excluding hydrogens is 517 g/mol. The Kier molecular flexibility index (Phi) is 10.4. The highest BCUT2D eigenvalue weighted by Crippen LogP contribution is 2.34. The van der Waals surface area contributed by atoms with Crippen LogP contribution in [-0.4, -0.2) is 85.7 Å². The van der Waals surface area contributed by atoms with E-state index in [1.807, 2.05) is 0 Å². The molecule has 4 rings (SSSR count). The summed E-state index contributed by atoms with van der Waals surface area (Å²) in [5, 5.41) is 7.11. The highest BCUT2D eigenvalue weighted by atomic mass is 127. The summed E-state index contributed by atoms with van der Waals surface area (Å²) in [6, 6.07) is 0.300. The summed E-state index contributed by atoms with van der Waals surface area (Å²) in [4.78, 5) is 22.6. The molecule has 2 heterocycles. The Bertz CT molecular complexity index is 614. The fourth-order valence-corrected chi connectivity index (χ4v) is 6.07. The Morgan fingerprint density at radius 3 is 2.44 bits per heavy atom. The SMILES string of the molecule is CCNC(=NCC1(N2CCOCC2)CCCCC1)NC1CCN(C(=O)C2CCCC2)C1.I. The topological polar surface area (TPSA) is 69.2 Å². The minimum Gasteiger partial charge on any atom is -0.379 e. The van der Waals surface area contributed by atoms with E-state index in [0.29, 0.717) is 11.9 Å². The van der Waals surface area contributed by atoms with Gasteiger partial charge in [-0.3, -0.25) is 14.7 Å². The van der Waals surface area contributed by atoms with Crippen LogP contribution in [0.15, 0.2) is 4.99 Å². The molecule has 184 valence electrons. The smallest absolute Gasteiger partial charge is 0.225 e. The Hall–Kier alpha value is -0.610. The van der Waals surface area contributed by atoms with Crippen molar-refractivity contribution in [2.75, 3.05) is 52.5 Å². The first kappa shape index (κ1) is 26.0. The largest absolute Gasteiger partial charge is 0.379 e. The fraction of sp³-hybridized carbons (Fsp3) is 0.917. The number of nitrogens with zero attached hydrogens (tertiary/aromatic N) is 3. The number of hydrogen-bond donors (Lipinski definition) is 2. The number of guanidine groups is 1. The van der Waals surface area contributed by atoms with E-state index in [4.69, 9.17) is 9.73 Å². The Morgan fingerprint density at radius 2 is 1.75 bits per heavy atom. The molecule has 2 aliphatic carbocycles. The standard InChI is InChI=1S/C24H43N5O2.HI/c1-2-25-23(27-21-10-13-28(18-21)22(30)20-8-4-5-9-20)26-19-24(11-6-3-7-12-24)29-14-16-31-17-15-29;/h20-21H,2-19H2,1H3,(H2,25,26,27);1H. The molecule has 32 heavy (non-hydrogen) atoms. The Balaban J connectivity index is 0.00000289. The molecule has 0 spiro atoms. The molecule has 1 atom stereocenters. The molecule has 4 fully saturated rings. The zero-order valence-electron chi connectivity index (χ0n) is 19.9. The van der Waals surface area contributed by atoms with Gasteiger partial charge in [-0.05, 0) is 39.0 Å². The predicted octanol–water partition coefficient (Wildman–Crippen LogP) is 2.99. The van der Waals surface area contributed by atoms with Gasteiger partial charge in [-0.25, -0.2) is 0 Å². The van der Waals surface area contributed by atoms with E-state index in [9.17, 15) is 4.79 Å². The molecule has 7 nitrogen and oxygen atoms in total. The van der Waals surface area contributed by atoms with Crippen molar-refractivity contribution in [3.63, 3.8) is 0 Å². The van der Waals surface area contributed by atoms with Gasteiger partial charge in [0.1, 0.15) is 0 Å². The molecule has 1 unspecified atom stereocenters. The minimum atomic E-state index is 0. The van der Waals surface area contributed by atoms with E-state index in [0.717, 1.165) is 77.7 Å². The second kappa shape index (κ2) is 12.7. The van der Waals surface area contributed by atoms with Crippen molar-refractivity contribution in [2.24, 2.45) is 10.9 Å². The van der Waals surface area contributed by atoms with E-state index in [1.165, 1.54) is 44.9 Å². The first-order valence-electron chi connectivity index (χ1n) is 12.9. The average molecular weight is 562 g/mol. The maximum Gasteiger partial charge on any atom is 0.225 e. The van der Waals surface area contributed by atoms with Crippen LogP contribution in [0.3, 0.4) is 0 Å². The Labute approximate surface area is 211 Å². The average Bonchev–Trinajstić information content (AvgIpc) is 3.51. The maximum absolute atomic E-state index is 12.8. The van der Waals surface area contributed by atoms with E-state index in [1.54, 1.807) is 0 Å². The lowest BCUT2D eigenvalue weighted by molar-refractivity contribution is -0.134. The molecule has 0 aromatic carbocycles. The Morgan fingerprint density at radius 1 is 1.03 bits per heavy atom. The molecule has 0 radical (unpaired) electrons. The van der Waals surface area contributed by atoms with E-state index in [-0.39, 0.29) is 35.4 Å². The third kappa shape index (κ3) is 6.50. The lowest BCUT2D eigenvalue weighted by atomic mass is 9.80. The van der Waals surface area contributed by atoms with Crippen molar-refractivity contribution in [2.45, 2.75) is 82.7 Å². The van der Waals surface area contributed by atoms with Crippen LogP contribution in [0.4, 0.5) is 0 Å². The summed E-state index contributed by atoms with van der Waals surface area (Å²) >= 11 is 0. The van der Waals surface area contributed by atoms with Crippen LogP contribution in [0.1, 0.15) is 71.1 Å². The normalized spacial score (nSPS) is 27.2. The summed E-state index contributed by atoms with van der Waals surface area (Å²) in [6.07, 6.45) is 12.0.